The maximum atomic E-state index is 12.1. The standard InChI is InChI=1S/C12H11NO4/c1-16-12(13-7-14)9-6-17-10-5-3-2-4-8(10)11(9)15/h2-7,12H,1H3,(H,13,14). The highest BCUT2D eigenvalue weighted by atomic mass is 16.5. The van der Waals surface area contributed by atoms with Gasteiger partial charge in [-0.25, -0.2) is 0 Å². The number of carbonyl (C=O) groups is 1. The van der Waals surface area contributed by atoms with E-state index in [1.54, 1.807) is 24.3 Å². The Morgan fingerprint density at radius 3 is 2.88 bits per heavy atom. The van der Waals surface area contributed by atoms with Crippen molar-refractivity contribution in [3.8, 4) is 0 Å². The third-order valence-corrected chi connectivity index (χ3v) is 2.44. The van der Waals surface area contributed by atoms with E-state index in [-0.39, 0.29) is 11.0 Å². The molecule has 0 saturated heterocycles. The van der Waals surface area contributed by atoms with Gasteiger partial charge in [-0.05, 0) is 12.1 Å². The number of nitrogens with one attached hydrogen (secondary N) is 1. The quantitative estimate of drug-likeness (QED) is 0.636. The Morgan fingerprint density at radius 1 is 1.41 bits per heavy atom. The molecular formula is C12H11NO4. The molecule has 1 N–H and O–H groups in total. The molecule has 0 aliphatic heterocycles. The Balaban J connectivity index is 2.59. The topological polar surface area (TPSA) is 68.5 Å². The van der Waals surface area contributed by atoms with Crippen molar-refractivity contribution in [1.29, 1.82) is 0 Å². The number of hydrogen-bond donors (Lipinski definition) is 1. The number of methoxy groups -OCH3 is 1. The summed E-state index contributed by atoms with van der Waals surface area (Å²) in [6.45, 7) is 0. The summed E-state index contributed by atoms with van der Waals surface area (Å²) < 4.78 is 10.3. The molecule has 0 saturated carbocycles. The molecule has 1 heterocycles. The molecule has 1 aromatic heterocycles. The minimum absolute atomic E-state index is 0.215. The van der Waals surface area contributed by atoms with Crippen LogP contribution in [0.3, 0.4) is 0 Å². The predicted molar refractivity (Wildman–Crippen MR) is 61.4 cm³/mol. The van der Waals surface area contributed by atoms with Crippen molar-refractivity contribution in [1.82, 2.24) is 5.32 Å². The van der Waals surface area contributed by atoms with E-state index in [2.05, 4.69) is 5.32 Å². The Labute approximate surface area is 97.0 Å². The van der Waals surface area contributed by atoms with E-state index in [1.165, 1.54) is 13.4 Å². The lowest BCUT2D eigenvalue weighted by molar-refractivity contribution is -0.113. The summed E-state index contributed by atoms with van der Waals surface area (Å²) in [5.41, 5.74) is 0.550. The van der Waals surface area contributed by atoms with Gasteiger partial charge in [0.2, 0.25) is 6.41 Å². The molecule has 5 nitrogen and oxygen atoms in total. The maximum absolute atomic E-state index is 12.1. The SMILES string of the molecule is COC(NC=O)c1coc2ccccc2c1=O. The van der Waals surface area contributed by atoms with E-state index >= 15 is 0 Å². The van der Waals surface area contributed by atoms with Crippen molar-refractivity contribution in [2.45, 2.75) is 6.23 Å². The van der Waals surface area contributed by atoms with E-state index in [0.717, 1.165) is 0 Å². The first-order valence-electron chi connectivity index (χ1n) is 5.01. The van der Waals surface area contributed by atoms with E-state index < -0.39 is 6.23 Å². The lowest BCUT2D eigenvalue weighted by Gasteiger charge is -2.13. The van der Waals surface area contributed by atoms with Crippen LogP contribution >= 0.6 is 0 Å². The first-order chi connectivity index (χ1) is 8.27. The molecule has 0 bridgehead atoms. The van der Waals surface area contributed by atoms with Gasteiger partial charge in [-0.15, -0.1) is 0 Å². The van der Waals surface area contributed by atoms with Gasteiger partial charge in [0.15, 0.2) is 11.7 Å². The van der Waals surface area contributed by atoms with Crippen LogP contribution in [0.5, 0.6) is 0 Å². The first-order valence-corrected chi connectivity index (χ1v) is 5.01. The monoisotopic (exact) mass is 233 g/mol. The van der Waals surface area contributed by atoms with Crippen LogP contribution in [0.2, 0.25) is 0 Å². The van der Waals surface area contributed by atoms with E-state index in [9.17, 15) is 9.59 Å². The number of amides is 1. The molecule has 88 valence electrons. The number of benzene rings is 1. The van der Waals surface area contributed by atoms with Gasteiger partial charge in [-0.1, -0.05) is 12.1 Å². The van der Waals surface area contributed by atoms with Crippen molar-refractivity contribution < 1.29 is 13.9 Å². The lowest BCUT2D eigenvalue weighted by atomic mass is 10.1. The number of ether oxygens (including phenoxy) is 1. The molecule has 0 fully saturated rings. The predicted octanol–water partition coefficient (Wildman–Crippen LogP) is 1.18. The Hall–Kier alpha value is -2.14. The molecule has 0 aliphatic rings. The third-order valence-electron chi connectivity index (χ3n) is 2.44. The lowest BCUT2D eigenvalue weighted by Crippen LogP contribution is -2.26. The van der Waals surface area contributed by atoms with Crippen LogP contribution in [0.25, 0.3) is 11.0 Å². The minimum Gasteiger partial charge on any atom is -0.464 e. The molecule has 0 radical (unpaired) electrons. The zero-order valence-corrected chi connectivity index (χ0v) is 9.17. The van der Waals surface area contributed by atoms with Gasteiger partial charge in [0.05, 0.1) is 10.9 Å². The van der Waals surface area contributed by atoms with Crippen molar-refractivity contribution in [2.24, 2.45) is 0 Å². The molecule has 0 spiro atoms. The highest BCUT2D eigenvalue weighted by Gasteiger charge is 2.15. The molecule has 17 heavy (non-hydrogen) atoms. The Bertz CT molecular complexity index is 590. The van der Waals surface area contributed by atoms with Gasteiger partial charge >= 0.3 is 0 Å². The van der Waals surface area contributed by atoms with Gasteiger partial charge in [0.1, 0.15) is 11.8 Å². The second kappa shape index (κ2) is 4.80. The summed E-state index contributed by atoms with van der Waals surface area (Å²) in [7, 11) is 1.40. The normalized spacial score (nSPS) is 12.3. The van der Waals surface area contributed by atoms with Crippen LogP contribution in [0.1, 0.15) is 11.8 Å². The summed E-state index contributed by atoms with van der Waals surface area (Å²) in [5, 5.41) is 2.85. The van der Waals surface area contributed by atoms with Crippen LogP contribution < -0.4 is 10.7 Å². The summed E-state index contributed by atoms with van der Waals surface area (Å²) in [6.07, 6.45) is 0.978. The number of rotatable bonds is 4. The summed E-state index contributed by atoms with van der Waals surface area (Å²) in [6, 6.07) is 6.90. The number of fused-ring (bicyclic) bond motifs is 1. The van der Waals surface area contributed by atoms with Crippen molar-refractivity contribution >= 4 is 17.4 Å². The second-order valence-electron chi connectivity index (χ2n) is 3.42. The van der Waals surface area contributed by atoms with Crippen LogP contribution in [0, 0.1) is 0 Å². The Morgan fingerprint density at radius 2 is 2.18 bits per heavy atom. The summed E-state index contributed by atoms with van der Waals surface area (Å²) in [4.78, 5) is 22.5. The van der Waals surface area contributed by atoms with E-state index in [1.807, 2.05) is 0 Å². The molecule has 2 rings (SSSR count). The zero-order valence-electron chi connectivity index (χ0n) is 9.17. The fraction of sp³-hybridized carbons (Fsp3) is 0.167. The molecule has 1 aromatic carbocycles. The van der Waals surface area contributed by atoms with Crippen LogP contribution in [0.4, 0.5) is 0 Å². The molecule has 2 aromatic rings. The minimum atomic E-state index is -0.798. The highest BCUT2D eigenvalue weighted by molar-refractivity contribution is 5.76. The fourth-order valence-electron chi connectivity index (χ4n) is 1.62. The zero-order chi connectivity index (χ0) is 12.3. The van der Waals surface area contributed by atoms with Gasteiger partial charge in [-0.2, -0.15) is 0 Å². The number of hydrogen-bond acceptors (Lipinski definition) is 4. The maximum Gasteiger partial charge on any atom is 0.209 e. The summed E-state index contributed by atoms with van der Waals surface area (Å²) in [5.74, 6) is 0. The van der Waals surface area contributed by atoms with Gasteiger partial charge in [-0.3, -0.25) is 9.59 Å². The smallest absolute Gasteiger partial charge is 0.209 e. The third kappa shape index (κ3) is 2.05. The van der Waals surface area contributed by atoms with Crippen molar-refractivity contribution in [3.63, 3.8) is 0 Å². The number of carbonyl (C=O) groups excluding carboxylic acids is 1. The average Bonchev–Trinajstić information content (AvgIpc) is 2.37. The second-order valence-corrected chi connectivity index (χ2v) is 3.42. The summed E-state index contributed by atoms with van der Waals surface area (Å²) >= 11 is 0. The van der Waals surface area contributed by atoms with Crippen LogP contribution in [-0.2, 0) is 9.53 Å². The Kier molecular flexibility index (Phi) is 3.20. The molecular weight excluding hydrogens is 222 g/mol. The van der Waals surface area contributed by atoms with Crippen LogP contribution in [-0.4, -0.2) is 13.5 Å². The number of para-hydroxylation sites is 1. The van der Waals surface area contributed by atoms with Gasteiger partial charge in [0.25, 0.3) is 0 Å². The molecule has 1 amide bonds. The van der Waals surface area contributed by atoms with Crippen molar-refractivity contribution in [2.75, 3.05) is 7.11 Å². The molecule has 1 atom stereocenters. The van der Waals surface area contributed by atoms with E-state index in [0.29, 0.717) is 17.4 Å². The fourth-order valence-corrected chi connectivity index (χ4v) is 1.62. The first kappa shape index (κ1) is 11.3. The van der Waals surface area contributed by atoms with Crippen LogP contribution in [0.15, 0.2) is 39.7 Å². The highest BCUT2D eigenvalue weighted by Crippen LogP contribution is 2.15. The molecule has 0 aliphatic carbocycles. The van der Waals surface area contributed by atoms with Crippen molar-refractivity contribution in [3.05, 3.63) is 46.3 Å². The van der Waals surface area contributed by atoms with E-state index in [4.69, 9.17) is 9.15 Å². The molecule has 1 unspecified atom stereocenters. The largest absolute Gasteiger partial charge is 0.464 e. The molecule has 5 heteroatoms. The average molecular weight is 233 g/mol. The van der Waals surface area contributed by atoms with Gasteiger partial charge < -0.3 is 14.5 Å². The van der Waals surface area contributed by atoms with Gasteiger partial charge in [0, 0.05) is 7.11 Å².